The molecule has 1 aliphatic carbocycles. The van der Waals surface area contributed by atoms with Crippen molar-refractivity contribution in [2.75, 3.05) is 5.32 Å². The van der Waals surface area contributed by atoms with Crippen LogP contribution in [0.25, 0.3) is 0 Å². The Morgan fingerprint density at radius 3 is 2.56 bits per heavy atom. The maximum absolute atomic E-state index is 11.8. The van der Waals surface area contributed by atoms with Gasteiger partial charge in [-0.15, -0.1) is 0 Å². The molecule has 2 atom stereocenters. The summed E-state index contributed by atoms with van der Waals surface area (Å²) in [6.45, 7) is 0. The third-order valence-electron chi connectivity index (χ3n) is 2.59. The van der Waals surface area contributed by atoms with Crippen molar-refractivity contribution in [1.29, 1.82) is 0 Å². The standard InChI is InChI=1S/C12H14N2O2/c13-9-2-1-8(7-9)12(16)14-10-3-5-11(15)6-4-10/h1-6,8-9,15H,7,13H2,(H,14,16). The first-order chi connectivity index (χ1) is 7.65. The Bertz CT molecular complexity index is 412. The van der Waals surface area contributed by atoms with Gasteiger partial charge in [-0.25, -0.2) is 0 Å². The highest BCUT2D eigenvalue weighted by Gasteiger charge is 2.22. The molecule has 1 aromatic rings. The first-order valence-electron chi connectivity index (χ1n) is 5.19. The number of benzene rings is 1. The summed E-state index contributed by atoms with van der Waals surface area (Å²) in [5.74, 6) is -0.0283. The van der Waals surface area contributed by atoms with Crippen LogP contribution in [0.2, 0.25) is 0 Å². The highest BCUT2D eigenvalue weighted by molar-refractivity contribution is 5.94. The van der Waals surface area contributed by atoms with Crippen LogP contribution < -0.4 is 11.1 Å². The van der Waals surface area contributed by atoms with E-state index in [2.05, 4.69) is 5.32 Å². The molecule has 1 aliphatic rings. The van der Waals surface area contributed by atoms with Gasteiger partial charge < -0.3 is 16.2 Å². The van der Waals surface area contributed by atoms with E-state index in [1.165, 1.54) is 12.1 Å². The zero-order valence-corrected chi connectivity index (χ0v) is 8.76. The van der Waals surface area contributed by atoms with E-state index in [1.807, 2.05) is 12.2 Å². The molecule has 1 aromatic carbocycles. The number of aromatic hydroxyl groups is 1. The number of carbonyl (C=O) groups excluding carboxylic acids is 1. The highest BCUT2D eigenvalue weighted by Crippen LogP contribution is 2.19. The highest BCUT2D eigenvalue weighted by atomic mass is 16.3. The average Bonchev–Trinajstić information content (AvgIpc) is 2.68. The van der Waals surface area contributed by atoms with Crippen molar-refractivity contribution in [2.24, 2.45) is 11.7 Å². The molecule has 1 amide bonds. The van der Waals surface area contributed by atoms with E-state index in [1.54, 1.807) is 12.1 Å². The molecule has 84 valence electrons. The van der Waals surface area contributed by atoms with E-state index in [4.69, 9.17) is 10.8 Å². The van der Waals surface area contributed by atoms with Gasteiger partial charge in [0.05, 0.1) is 5.92 Å². The van der Waals surface area contributed by atoms with Crippen LogP contribution in [0.1, 0.15) is 6.42 Å². The van der Waals surface area contributed by atoms with E-state index in [9.17, 15) is 4.79 Å². The SMILES string of the molecule is NC1C=CC(C(=O)Nc2ccc(O)cc2)C1. The molecule has 2 rings (SSSR count). The number of hydrogen-bond donors (Lipinski definition) is 3. The maximum atomic E-state index is 11.8. The maximum Gasteiger partial charge on any atom is 0.231 e. The lowest BCUT2D eigenvalue weighted by atomic mass is 10.1. The van der Waals surface area contributed by atoms with Gasteiger partial charge in [0.1, 0.15) is 5.75 Å². The minimum atomic E-state index is -0.149. The number of nitrogens with two attached hydrogens (primary N) is 1. The minimum Gasteiger partial charge on any atom is -0.508 e. The molecule has 0 bridgehead atoms. The summed E-state index contributed by atoms with van der Waals surface area (Å²) in [6, 6.07) is 6.37. The number of hydrogen-bond acceptors (Lipinski definition) is 3. The Morgan fingerprint density at radius 2 is 2.00 bits per heavy atom. The first-order valence-corrected chi connectivity index (χ1v) is 5.19. The van der Waals surface area contributed by atoms with Crippen LogP contribution in [0.3, 0.4) is 0 Å². The molecule has 4 heteroatoms. The molecule has 0 radical (unpaired) electrons. The molecule has 2 unspecified atom stereocenters. The predicted octanol–water partition coefficient (Wildman–Crippen LogP) is 1.23. The van der Waals surface area contributed by atoms with Gasteiger partial charge in [-0.2, -0.15) is 0 Å². The van der Waals surface area contributed by atoms with E-state index >= 15 is 0 Å². The lowest BCUT2D eigenvalue weighted by molar-refractivity contribution is -0.118. The van der Waals surface area contributed by atoms with Gasteiger partial charge in [0.2, 0.25) is 5.91 Å². The van der Waals surface area contributed by atoms with Crippen LogP contribution in [0, 0.1) is 5.92 Å². The lowest BCUT2D eigenvalue weighted by Crippen LogP contribution is -2.23. The number of phenolic OH excluding ortho intramolecular Hbond substituents is 1. The van der Waals surface area contributed by atoms with Gasteiger partial charge >= 0.3 is 0 Å². The summed E-state index contributed by atoms with van der Waals surface area (Å²) in [4.78, 5) is 11.8. The lowest BCUT2D eigenvalue weighted by Gasteiger charge is -2.10. The number of carbonyl (C=O) groups is 1. The largest absolute Gasteiger partial charge is 0.508 e. The Morgan fingerprint density at radius 1 is 1.31 bits per heavy atom. The van der Waals surface area contributed by atoms with Crippen molar-refractivity contribution in [3.8, 4) is 5.75 Å². The summed E-state index contributed by atoms with van der Waals surface area (Å²) in [7, 11) is 0. The summed E-state index contributed by atoms with van der Waals surface area (Å²) in [5.41, 5.74) is 6.35. The minimum absolute atomic E-state index is 0.0180. The second-order valence-corrected chi connectivity index (χ2v) is 3.93. The van der Waals surface area contributed by atoms with Crippen molar-refractivity contribution in [1.82, 2.24) is 0 Å². The number of phenols is 1. The van der Waals surface area contributed by atoms with Gasteiger partial charge in [-0.3, -0.25) is 4.79 Å². The molecule has 16 heavy (non-hydrogen) atoms. The molecule has 0 heterocycles. The number of nitrogens with one attached hydrogen (secondary N) is 1. The molecule has 4 N–H and O–H groups in total. The van der Waals surface area contributed by atoms with E-state index in [0.29, 0.717) is 12.1 Å². The zero-order valence-electron chi connectivity index (χ0n) is 8.76. The van der Waals surface area contributed by atoms with Crippen LogP contribution in [-0.2, 0) is 4.79 Å². The monoisotopic (exact) mass is 218 g/mol. The fourth-order valence-corrected chi connectivity index (χ4v) is 1.70. The fraction of sp³-hybridized carbons (Fsp3) is 0.250. The Labute approximate surface area is 93.8 Å². The first kappa shape index (κ1) is 10.7. The third-order valence-corrected chi connectivity index (χ3v) is 2.59. The zero-order chi connectivity index (χ0) is 11.5. The van der Waals surface area contributed by atoms with Crippen molar-refractivity contribution < 1.29 is 9.90 Å². The summed E-state index contributed by atoms with van der Waals surface area (Å²) in [5, 5.41) is 11.9. The van der Waals surface area contributed by atoms with Crippen LogP contribution in [0.5, 0.6) is 5.75 Å². The second-order valence-electron chi connectivity index (χ2n) is 3.93. The second kappa shape index (κ2) is 4.37. The molecular weight excluding hydrogens is 204 g/mol. The molecule has 0 fully saturated rings. The smallest absolute Gasteiger partial charge is 0.231 e. The fourth-order valence-electron chi connectivity index (χ4n) is 1.70. The molecule has 0 saturated carbocycles. The average molecular weight is 218 g/mol. The Hall–Kier alpha value is -1.81. The summed E-state index contributed by atoms with van der Waals surface area (Å²) in [6.07, 6.45) is 4.34. The topological polar surface area (TPSA) is 75.4 Å². The van der Waals surface area contributed by atoms with Crippen LogP contribution >= 0.6 is 0 Å². The van der Waals surface area contributed by atoms with Gasteiger partial charge in [0.15, 0.2) is 0 Å². The Balaban J connectivity index is 1.97. The van der Waals surface area contributed by atoms with E-state index < -0.39 is 0 Å². The molecule has 0 aromatic heterocycles. The normalized spacial score (nSPS) is 23.3. The van der Waals surface area contributed by atoms with Gasteiger partial charge in [0.25, 0.3) is 0 Å². The summed E-state index contributed by atoms with van der Waals surface area (Å²) >= 11 is 0. The van der Waals surface area contributed by atoms with Crippen LogP contribution in [0.4, 0.5) is 5.69 Å². The third kappa shape index (κ3) is 2.41. The Kier molecular flexibility index (Phi) is 2.92. The number of rotatable bonds is 2. The van der Waals surface area contributed by atoms with Crippen molar-refractivity contribution >= 4 is 11.6 Å². The summed E-state index contributed by atoms with van der Waals surface area (Å²) < 4.78 is 0. The van der Waals surface area contributed by atoms with Crippen molar-refractivity contribution in [3.05, 3.63) is 36.4 Å². The van der Waals surface area contributed by atoms with Gasteiger partial charge in [-0.05, 0) is 30.7 Å². The molecule has 0 spiro atoms. The molecule has 0 aliphatic heterocycles. The van der Waals surface area contributed by atoms with Crippen molar-refractivity contribution in [3.63, 3.8) is 0 Å². The van der Waals surface area contributed by atoms with E-state index in [0.717, 1.165) is 0 Å². The quantitative estimate of drug-likeness (QED) is 0.516. The molecule has 4 nitrogen and oxygen atoms in total. The van der Waals surface area contributed by atoms with Gasteiger partial charge in [0, 0.05) is 11.7 Å². The predicted molar refractivity (Wildman–Crippen MR) is 62.0 cm³/mol. The number of anilines is 1. The number of amides is 1. The van der Waals surface area contributed by atoms with Gasteiger partial charge in [-0.1, -0.05) is 12.2 Å². The van der Waals surface area contributed by atoms with Crippen molar-refractivity contribution in [2.45, 2.75) is 12.5 Å². The van der Waals surface area contributed by atoms with Crippen LogP contribution in [-0.4, -0.2) is 17.1 Å². The van der Waals surface area contributed by atoms with Crippen LogP contribution in [0.15, 0.2) is 36.4 Å². The molecule has 0 saturated heterocycles. The van der Waals surface area contributed by atoms with E-state index in [-0.39, 0.29) is 23.6 Å². The molecular formula is C12H14N2O2.